The topological polar surface area (TPSA) is 96.0 Å². The number of halogens is 2. The van der Waals surface area contributed by atoms with Gasteiger partial charge >= 0.3 is 0 Å². The normalized spacial score (nSPS) is 11.1. The van der Waals surface area contributed by atoms with Crippen molar-refractivity contribution in [2.24, 2.45) is 0 Å². The Labute approximate surface area is 173 Å². The van der Waals surface area contributed by atoms with Crippen molar-refractivity contribution in [3.63, 3.8) is 0 Å². The van der Waals surface area contributed by atoms with Gasteiger partial charge in [-0.2, -0.15) is 4.98 Å². The van der Waals surface area contributed by atoms with E-state index in [4.69, 9.17) is 23.2 Å². The fourth-order valence-electron chi connectivity index (χ4n) is 2.41. The Morgan fingerprint density at radius 1 is 1.04 bits per heavy atom. The molecule has 3 N–H and O–H groups in total. The molecule has 10 heteroatoms. The molecule has 3 rings (SSSR count). The molecule has 0 saturated heterocycles. The fourth-order valence-corrected chi connectivity index (χ4v) is 3.89. The van der Waals surface area contributed by atoms with Crippen molar-refractivity contribution in [3.05, 3.63) is 70.3 Å². The highest BCUT2D eigenvalue weighted by Crippen LogP contribution is 2.27. The number of nitrogens with zero attached hydrogens (tertiary/aromatic N) is 2. The summed E-state index contributed by atoms with van der Waals surface area (Å²) >= 11 is 11.9. The zero-order valence-corrected chi connectivity index (χ0v) is 17.1. The van der Waals surface area contributed by atoms with E-state index in [-0.39, 0.29) is 17.4 Å². The zero-order chi connectivity index (χ0) is 20.1. The summed E-state index contributed by atoms with van der Waals surface area (Å²) in [6.07, 6.45) is 1.39. The zero-order valence-electron chi connectivity index (χ0n) is 14.8. The van der Waals surface area contributed by atoms with Crippen LogP contribution < -0.4 is 15.4 Å². The number of hydrogen-bond donors (Lipinski definition) is 3. The summed E-state index contributed by atoms with van der Waals surface area (Å²) in [7, 11) is -1.99. The first-order valence-electron chi connectivity index (χ1n) is 8.17. The van der Waals surface area contributed by atoms with E-state index in [1.165, 1.54) is 6.20 Å². The molecule has 146 valence electrons. The number of rotatable bonds is 7. The summed E-state index contributed by atoms with van der Waals surface area (Å²) in [4.78, 5) is 8.45. The minimum atomic E-state index is -3.62. The molecule has 0 atom stereocenters. The van der Waals surface area contributed by atoms with E-state index in [2.05, 4.69) is 25.3 Å². The molecule has 0 fully saturated rings. The summed E-state index contributed by atoms with van der Waals surface area (Å²) in [5, 5.41) is 6.69. The summed E-state index contributed by atoms with van der Waals surface area (Å²) in [5.41, 5.74) is 1.58. The van der Waals surface area contributed by atoms with Crippen LogP contribution in [0.5, 0.6) is 0 Å². The van der Waals surface area contributed by atoms with Crippen LogP contribution in [0.2, 0.25) is 10.0 Å². The van der Waals surface area contributed by atoms with Gasteiger partial charge < -0.3 is 10.6 Å². The highest BCUT2D eigenvalue weighted by atomic mass is 35.5. The van der Waals surface area contributed by atoms with Crippen molar-refractivity contribution in [2.45, 2.75) is 5.75 Å². The molecule has 0 spiro atoms. The number of benzene rings is 2. The van der Waals surface area contributed by atoms with Gasteiger partial charge in [-0.25, -0.2) is 13.4 Å². The van der Waals surface area contributed by atoms with E-state index in [1.54, 1.807) is 49.5 Å². The molecule has 0 radical (unpaired) electrons. The average Bonchev–Trinajstić information content (AvgIpc) is 2.66. The van der Waals surface area contributed by atoms with Gasteiger partial charge in [0.05, 0.1) is 22.0 Å². The Kier molecular flexibility index (Phi) is 6.23. The minimum absolute atomic E-state index is 0.153. The summed E-state index contributed by atoms with van der Waals surface area (Å²) in [6, 6.07) is 13.9. The highest BCUT2D eigenvalue weighted by molar-refractivity contribution is 7.91. The van der Waals surface area contributed by atoms with E-state index >= 15 is 0 Å². The number of nitrogens with one attached hydrogen (secondary N) is 3. The van der Waals surface area contributed by atoms with E-state index in [0.717, 1.165) is 0 Å². The second kappa shape index (κ2) is 8.64. The molecule has 1 heterocycles. The van der Waals surface area contributed by atoms with Crippen LogP contribution in [0.3, 0.4) is 0 Å². The van der Waals surface area contributed by atoms with E-state index in [0.29, 0.717) is 27.1 Å². The molecule has 7 nitrogen and oxygen atoms in total. The predicted octanol–water partition coefficient (Wildman–Crippen LogP) is 4.51. The SMILES string of the molecule is CNc1nc(Nc2ccc(Cl)c(Cl)c2)ncc1NS(=O)(=O)Cc1ccccc1. The molecular weight excluding hydrogens is 421 g/mol. The highest BCUT2D eigenvalue weighted by Gasteiger charge is 2.16. The van der Waals surface area contributed by atoms with Gasteiger partial charge in [0.1, 0.15) is 5.69 Å². The van der Waals surface area contributed by atoms with Gasteiger partial charge in [0.2, 0.25) is 16.0 Å². The third-order valence-corrected chi connectivity index (χ3v) is 5.65. The van der Waals surface area contributed by atoms with Crippen LogP contribution in [0, 0.1) is 0 Å². The van der Waals surface area contributed by atoms with E-state index in [1.807, 2.05) is 6.07 Å². The largest absolute Gasteiger partial charge is 0.371 e. The maximum Gasteiger partial charge on any atom is 0.237 e. The summed E-state index contributed by atoms with van der Waals surface area (Å²) in [5.74, 6) is 0.447. The average molecular weight is 438 g/mol. The number of anilines is 4. The molecule has 2 aromatic carbocycles. The first-order valence-corrected chi connectivity index (χ1v) is 10.6. The predicted molar refractivity (Wildman–Crippen MR) is 114 cm³/mol. The molecular formula is C18H17Cl2N5O2S. The molecule has 1 aromatic heterocycles. The molecule has 0 aliphatic rings. The fraction of sp³-hybridized carbons (Fsp3) is 0.111. The van der Waals surface area contributed by atoms with Gasteiger partial charge in [0, 0.05) is 12.7 Å². The van der Waals surface area contributed by atoms with Crippen molar-refractivity contribution in [1.29, 1.82) is 0 Å². The minimum Gasteiger partial charge on any atom is -0.371 e. The monoisotopic (exact) mass is 437 g/mol. The third kappa shape index (κ3) is 5.25. The lowest BCUT2D eigenvalue weighted by atomic mass is 10.2. The number of sulfonamides is 1. The Balaban J connectivity index is 1.78. The third-order valence-electron chi connectivity index (χ3n) is 3.67. The maximum atomic E-state index is 12.4. The quantitative estimate of drug-likeness (QED) is 0.502. The van der Waals surface area contributed by atoms with Crippen LogP contribution in [0.1, 0.15) is 5.56 Å². The van der Waals surface area contributed by atoms with Crippen molar-refractivity contribution in [1.82, 2.24) is 9.97 Å². The Morgan fingerprint density at radius 2 is 1.79 bits per heavy atom. The van der Waals surface area contributed by atoms with Gasteiger partial charge in [0.15, 0.2) is 5.82 Å². The molecule has 3 aromatic rings. The van der Waals surface area contributed by atoms with Gasteiger partial charge in [-0.15, -0.1) is 0 Å². The Hall–Kier alpha value is -2.55. The molecule has 0 aliphatic heterocycles. The summed E-state index contributed by atoms with van der Waals surface area (Å²) in [6.45, 7) is 0. The van der Waals surface area contributed by atoms with Crippen molar-refractivity contribution in [3.8, 4) is 0 Å². The lowest BCUT2D eigenvalue weighted by Gasteiger charge is -2.13. The van der Waals surface area contributed by atoms with Crippen LogP contribution in [0.25, 0.3) is 0 Å². The number of aromatic nitrogens is 2. The molecule has 0 saturated carbocycles. The van der Waals surface area contributed by atoms with Gasteiger partial charge in [0.25, 0.3) is 0 Å². The smallest absolute Gasteiger partial charge is 0.237 e. The lowest BCUT2D eigenvalue weighted by Crippen LogP contribution is -2.17. The second-order valence-corrected chi connectivity index (χ2v) is 8.34. The Morgan fingerprint density at radius 3 is 2.46 bits per heavy atom. The van der Waals surface area contributed by atoms with Crippen LogP contribution in [-0.4, -0.2) is 25.4 Å². The maximum absolute atomic E-state index is 12.4. The molecule has 0 amide bonds. The van der Waals surface area contributed by atoms with Crippen molar-refractivity contribution < 1.29 is 8.42 Å². The van der Waals surface area contributed by atoms with Gasteiger partial charge in [-0.3, -0.25) is 4.72 Å². The summed E-state index contributed by atoms with van der Waals surface area (Å²) < 4.78 is 27.4. The second-order valence-electron chi connectivity index (χ2n) is 5.81. The lowest BCUT2D eigenvalue weighted by molar-refractivity contribution is 0.600. The van der Waals surface area contributed by atoms with Gasteiger partial charge in [-0.1, -0.05) is 53.5 Å². The number of hydrogen-bond acceptors (Lipinski definition) is 6. The van der Waals surface area contributed by atoms with Crippen LogP contribution in [0.15, 0.2) is 54.7 Å². The van der Waals surface area contributed by atoms with Crippen LogP contribution in [0.4, 0.5) is 23.1 Å². The van der Waals surface area contributed by atoms with Crippen LogP contribution >= 0.6 is 23.2 Å². The molecule has 0 aliphatic carbocycles. The molecule has 0 bridgehead atoms. The first-order chi connectivity index (χ1) is 13.4. The van der Waals surface area contributed by atoms with Gasteiger partial charge in [-0.05, 0) is 23.8 Å². The standard InChI is InChI=1S/C18H17Cl2N5O2S/c1-21-17-16(25-28(26,27)11-12-5-3-2-4-6-12)10-22-18(24-17)23-13-7-8-14(19)15(20)9-13/h2-10,25H,11H2,1H3,(H2,21,22,23,24). The molecule has 28 heavy (non-hydrogen) atoms. The van der Waals surface area contributed by atoms with Crippen molar-refractivity contribution in [2.75, 3.05) is 22.4 Å². The first kappa shape index (κ1) is 20.2. The van der Waals surface area contributed by atoms with Crippen molar-refractivity contribution >= 4 is 56.4 Å². The van der Waals surface area contributed by atoms with E-state index < -0.39 is 10.0 Å². The molecule has 0 unspecified atom stereocenters. The van der Waals surface area contributed by atoms with E-state index in [9.17, 15) is 8.42 Å². The van der Waals surface area contributed by atoms with Crippen LogP contribution in [-0.2, 0) is 15.8 Å². The Bertz CT molecular complexity index is 1080.